The average molecular weight is 122 g/mol. The lowest BCUT2D eigenvalue weighted by Crippen LogP contribution is -1.85. The zero-order valence-corrected chi connectivity index (χ0v) is 5.06. The van der Waals surface area contributed by atoms with Gasteiger partial charge in [0.15, 0.2) is 0 Å². The van der Waals surface area contributed by atoms with Gasteiger partial charge < -0.3 is 5.11 Å². The molecule has 0 aliphatic rings. The molecule has 0 saturated heterocycles. The molecule has 0 amide bonds. The summed E-state index contributed by atoms with van der Waals surface area (Å²) in [5.41, 5.74) is 0. The predicted molar refractivity (Wildman–Crippen MR) is 33.5 cm³/mol. The van der Waals surface area contributed by atoms with Gasteiger partial charge in [-0.3, -0.25) is 0 Å². The summed E-state index contributed by atoms with van der Waals surface area (Å²) in [6.07, 6.45) is 0.336. The Morgan fingerprint density at radius 3 is 2.67 bits per heavy atom. The van der Waals surface area contributed by atoms with Crippen molar-refractivity contribution in [1.29, 1.82) is 0 Å². The van der Waals surface area contributed by atoms with Crippen molar-refractivity contribution in [3.8, 4) is 23.7 Å². The molecule has 2 nitrogen and oxygen atoms in total. The van der Waals surface area contributed by atoms with Gasteiger partial charge in [-0.1, -0.05) is 11.8 Å². The van der Waals surface area contributed by atoms with Gasteiger partial charge in [-0.2, -0.15) is 0 Å². The molecule has 0 radical (unpaired) electrons. The SMILES string of the molecule is CC#CCC#CC(=O)O. The second kappa shape index (κ2) is 4.74. The van der Waals surface area contributed by atoms with Gasteiger partial charge in [-0.15, -0.1) is 5.92 Å². The molecule has 0 aromatic carbocycles. The minimum absolute atomic E-state index is 0.336. The first-order valence-corrected chi connectivity index (χ1v) is 2.38. The highest BCUT2D eigenvalue weighted by Gasteiger charge is 1.78. The van der Waals surface area contributed by atoms with Crippen LogP contribution >= 0.6 is 0 Å². The molecule has 0 rings (SSSR count). The second-order valence-electron chi connectivity index (χ2n) is 1.21. The molecule has 9 heavy (non-hydrogen) atoms. The Bertz CT molecular complexity index is 207. The third kappa shape index (κ3) is 6.59. The third-order valence-corrected chi connectivity index (χ3v) is 0.549. The molecule has 0 saturated carbocycles. The van der Waals surface area contributed by atoms with E-state index in [1.807, 2.05) is 5.92 Å². The van der Waals surface area contributed by atoms with Crippen LogP contribution in [0, 0.1) is 23.7 Å². The van der Waals surface area contributed by atoms with Crippen LogP contribution in [0.3, 0.4) is 0 Å². The number of carboxylic acid groups (broad SMARTS) is 1. The molecule has 46 valence electrons. The number of hydrogen-bond acceptors (Lipinski definition) is 1. The van der Waals surface area contributed by atoms with E-state index in [4.69, 9.17) is 5.11 Å². The highest BCUT2D eigenvalue weighted by Crippen LogP contribution is 1.68. The Hall–Kier alpha value is -1.41. The molecule has 0 heterocycles. The van der Waals surface area contributed by atoms with E-state index in [2.05, 4.69) is 17.8 Å². The number of hydrogen-bond donors (Lipinski definition) is 1. The van der Waals surface area contributed by atoms with Crippen LogP contribution in [0.25, 0.3) is 0 Å². The van der Waals surface area contributed by atoms with E-state index in [1.165, 1.54) is 0 Å². The summed E-state index contributed by atoms with van der Waals surface area (Å²) in [4.78, 5) is 9.74. The lowest BCUT2D eigenvalue weighted by Gasteiger charge is -1.68. The topological polar surface area (TPSA) is 37.3 Å². The molecular formula is C7H6O2. The fourth-order valence-corrected chi connectivity index (χ4v) is 0.252. The molecular weight excluding hydrogens is 116 g/mol. The molecule has 0 fully saturated rings. The van der Waals surface area contributed by atoms with E-state index in [1.54, 1.807) is 6.92 Å². The quantitative estimate of drug-likeness (QED) is 0.475. The molecule has 0 atom stereocenters. The first kappa shape index (κ1) is 7.59. The van der Waals surface area contributed by atoms with Crippen LogP contribution in [0.15, 0.2) is 0 Å². The van der Waals surface area contributed by atoms with E-state index in [0.29, 0.717) is 6.42 Å². The van der Waals surface area contributed by atoms with E-state index in [0.717, 1.165) is 0 Å². The van der Waals surface area contributed by atoms with Crippen LogP contribution in [0.4, 0.5) is 0 Å². The maximum atomic E-state index is 9.74. The van der Waals surface area contributed by atoms with Crippen LogP contribution in [0.5, 0.6) is 0 Å². The van der Waals surface area contributed by atoms with Crippen molar-refractivity contribution >= 4 is 5.97 Å². The summed E-state index contributed by atoms with van der Waals surface area (Å²) in [6, 6.07) is 0. The van der Waals surface area contributed by atoms with Crippen LogP contribution in [-0.2, 0) is 4.79 Å². The highest BCUT2D eigenvalue weighted by atomic mass is 16.4. The van der Waals surface area contributed by atoms with Crippen molar-refractivity contribution in [2.24, 2.45) is 0 Å². The summed E-state index contributed by atoms with van der Waals surface area (Å²) in [5.74, 6) is 8.42. The van der Waals surface area contributed by atoms with E-state index in [9.17, 15) is 4.79 Å². The van der Waals surface area contributed by atoms with Crippen molar-refractivity contribution in [3.05, 3.63) is 0 Å². The summed E-state index contributed by atoms with van der Waals surface area (Å²) >= 11 is 0. The molecule has 1 N–H and O–H groups in total. The number of carboxylic acids is 1. The molecule has 0 aliphatic carbocycles. The van der Waals surface area contributed by atoms with Gasteiger partial charge in [0, 0.05) is 5.92 Å². The summed E-state index contributed by atoms with van der Waals surface area (Å²) < 4.78 is 0. The van der Waals surface area contributed by atoms with Crippen LogP contribution in [-0.4, -0.2) is 11.1 Å². The van der Waals surface area contributed by atoms with E-state index in [-0.39, 0.29) is 0 Å². The van der Waals surface area contributed by atoms with E-state index >= 15 is 0 Å². The van der Waals surface area contributed by atoms with Gasteiger partial charge >= 0.3 is 5.97 Å². The first-order chi connectivity index (χ1) is 4.27. The zero-order valence-electron chi connectivity index (χ0n) is 5.06. The lowest BCUT2D eigenvalue weighted by molar-refractivity contribution is -0.130. The molecule has 0 aliphatic heterocycles. The maximum Gasteiger partial charge on any atom is 0.381 e. The van der Waals surface area contributed by atoms with Crippen LogP contribution in [0.2, 0.25) is 0 Å². The van der Waals surface area contributed by atoms with Gasteiger partial charge in [0.1, 0.15) is 0 Å². The molecule has 0 aromatic heterocycles. The Kier molecular flexibility index (Phi) is 4.00. The maximum absolute atomic E-state index is 9.74. The summed E-state index contributed by atoms with van der Waals surface area (Å²) in [5, 5.41) is 7.99. The van der Waals surface area contributed by atoms with E-state index < -0.39 is 5.97 Å². The van der Waals surface area contributed by atoms with Crippen molar-refractivity contribution in [2.75, 3.05) is 0 Å². The minimum atomic E-state index is -1.10. The van der Waals surface area contributed by atoms with Crippen LogP contribution < -0.4 is 0 Å². The Morgan fingerprint density at radius 1 is 1.56 bits per heavy atom. The zero-order chi connectivity index (χ0) is 7.11. The standard InChI is InChI=1S/C7H6O2/c1-2-3-4-5-6-7(8)9/h4H2,1H3,(H,8,9). The van der Waals surface area contributed by atoms with Crippen LogP contribution in [0.1, 0.15) is 13.3 Å². The van der Waals surface area contributed by atoms with Crippen molar-refractivity contribution in [2.45, 2.75) is 13.3 Å². The second-order valence-corrected chi connectivity index (χ2v) is 1.21. The minimum Gasteiger partial charge on any atom is -0.472 e. The Labute approximate surface area is 53.9 Å². The van der Waals surface area contributed by atoms with Crippen molar-refractivity contribution in [3.63, 3.8) is 0 Å². The van der Waals surface area contributed by atoms with Gasteiger partial charge in [0.2, 0.25) is 0 Å². The largest absolute Gasteiger partial charge is 0.472 e. The lowest BCUT2D eigenvalue weighted by atomic mass is 10.4. The normalized spacial score (nSPS) is 5.89. The fraction of sp³-hybridized carbons (Fsp3) is 0.286. The summed E-state index contributed by atoms with van der Waals surface area (Å²) in [7, 11) is 0. The number of rotatable bonds is 0. The van der Waals surface area contributed by atoms with Gasteiger partial charge in [0.05, 0.1) is 6.42 Å². The van der Waals surface area contributed by atoms with Gasteiger partial charge in [-0.05, 0) is 6.92 Å². The van der Waals surface area contributed by atoms with Gasteiger partial charge in [0.25, 0.3) is 0 Å². The van der Waals surface area contributed by atoms with Gasteiger partial charge in [-0.25, -0.2) is 4.79 Å². The van der Waals surface area contributed by atoms with Crippen molar-refractivity contribution < 1.29 is 9.90 Å². The predicted octanol–water partition coefficient (Wildman–Crippen LogP) is 0.488. The summed E-state index contributed by atoms with van der Waals surface area (Å²) in [6.45, 7) is 1.68. The number of aliphatic carboxylic acids is 1. The average Bonchev–Trinajstić information content (AvgIpc) is 1.80. The molecule has 0 unspecified atom stereocenters. The Balaban J connectivity index is 3.59. The monoisotopic (exact) mass is 122 g/mol. The third-order valence-electron chi connectivity index (χ3n) is 0.549. The smallest absolute Gasteiger partial charge is 0.381 e. The molecule has 0 aromatic rings. The number of carbonyl (C=O) groups is 1. The van der Waals surface area contributed by atoms with Crippen molar-refractivity contribution in [1.82, 2.24) is 0 Å². The fourth-order valence-electron chi connectivity index (χ4n) is 0.252. The highest BCUT2D eigenvalue weighted by molar-refractivity contribution is 5.86. The molecule has 0 bridgehead atoms. The first-order valence-electron chi connectivity index (χ1n) is 2.38. The molecule has 2 heteroatoms. The Morgan fingerprint density at radius 2 is 2.22 bits per heavy atom. The molecule has 0 spiro atoms.